The molecule has 4 nitrogen and oxygen atoms in total. The summed E-state index contributed by atoms with van der Waals surface area (Å²) in [7, 11) is 0. The first-order valence-corrected chi connectivity index (χ1v) is 6.51. The summed E-state index contributed by atoms with van der Waals surface area (Å²) in [6.45, 7) is 5.67. The van der Waals surface area contributed by atoms with Crippen molar-refractivity contribution in [1.29, 1.82) is 0 Å². The van der Waals surface area contributed by atoms with Crippen molar-refractivity contribution < 1.29 is 0 Å². The molecule has 1 aliphatic heterocycles. The van der Waals surface area contributed by atoms with Crippen LogP contribution >= 0.6 is 23.6 Å². The monoisotopic (exact) mass is 244 g/mol. The van der Waals surface area contributed by atoms with Crippen molar-refractivity contribution in [2.75, 3.05) is 25.0 Å². The van der Waals surface area contributed by atoms with Crippen LogP contribution in [0.15, 0.2) is 0 Å². The Morgan fingerprint density at radius 1 is 1.60 bits per heavy atom. The van der Waals surface area contributed by atoms with Gasteiger partial charge in [-0.3, -0.25) is 10.00 Å². The third-order valence-corrected chi connectivity index (χ3v) is 3.80. The number of rotatable bonds is 4. The molecule has 0 bridgehead atoms. The maximum atomic E-state index is 4.97. The van der Waals surface area contributed by atoms with Crippen LogP contribution in [0.25, 0.3) is 0 Å². The van der Waals surface area contributed by atoms with E-state index in [1.807, 2.05) is 0 Å². The van der Waals surface area contributed by atoms with Gasteiger partial charge in [0, 0.05) is 12.6 Å². The first-order valence-electron chi connectivity index (χ1n) is 5.29. The van der Waals surface area contributed by atoms with Crippen molar-refractivity contribution in [3.05, 3.63) is 3.95 Å². The van der Waals surface area contributed by atoms with Crippen LogP contribution < -0.4 is 5.32 Å². The predicted molar refractivity (Wildman–Crippen MR) is 66.1 cm³/mol. The molecule has 1 aromatic heterocycles. The SMILES string of the molecule is CC(CNc1n[nH]c(=S)s1)N1CCCC1. The number of aromatic nitrogens is 2. The molecular formula is C9H16N4S2. The lowest BCUT2D eigenvalue weighted by molar-refractivity contribution is 0.269. The molecule has 1 aromatic rings. The standard InChI is InChI=1S/C9H16N4S2/c1-7(13-4-2-3-5-13)6-10-8-11-12-9(14)15-8/h7H,2-6H2,1H3,(H,10,11)(H,12,14). The van der Waals surface area contributed by atoms with Gasteiger partial charge in [0.25, 0.3) is 0 Å². The lowest BCUT2D eigenvalue weighted by Crippen LogP contribution is -2.35. The predicted octanol–water partition coefficient (Wildman–Crippen LogP) is 2.10. The summed E-state index contributed by atoms with van der Waals surface area (Å²) in [6.07, 6.45) is 2.68. The second-order valence-corrected chi connectivity index (χ2v) is 5.56. The Bertz CT molecular complexity index is 353. The molecule has 1 atom stereocenters. The van der Waals surface area contributed by atoms with Crippen LogP contribution in [0.4, 0.5) is 5.13 Å². The average molecular weight is 244 g/mol. The van der Waals surface area contributed by atoms with E-state index >= 15 is 0 Å². The minimum Gasteiger partial charge on any atom is -0.359 e. The Labute approximate surface area is 98.7 Å². The normalized spacial score (nSPS) is 19.3. The maximum absolute atomic E-state index is 4.97. The fraction of sp³-hybridized carbons (Fsp3) is 0.778. The van der Waals surface area contributed by atoms with Gasteiger partial charge >= 0.3 is 0 Å². The van der Waals surface area contributed by atoms with Crippen LogP contribution in [0, 0.1) is 3.95 Å². The topological polar surface area (TPSA) is 44.0 Å². The molecule has 0 aliphatic carbocycles. The minimum atomic E-state index is 0.574. The van der Waals surface area contributed by atoms with E-state index in [2.05, 4.69) is 27.3 Å². The molecule has 0 aromatic carbocycles. The van der Waals surface area contributed by atoms with Gasteiger partial charge in [0.05, 0.1) is 0 Å². The zero-order chi connectivity index (χ0) is 10.7. The number of H-pyrrole nitrogens is 1. The van der Waals surface area contributed by atoms with Crippen molar-refractivity contribution in [3.63, 3.8) is 0 Å². The molecule has 6 heteroatoms. The molecule has 0 saturated carbocycles. The van der Waals surface area contributed by atoms with Gasteiger partial charge in [-0.2, -0.15) is 0 Å². The lowest BCUT2D eigenvalue weighted by Gasteiger charge is -2.23. The number of likely N-dealkylation sites (tertiary alicyclic amines) is 1. The van der Waals surface area contributed by atoms with Gasteiger partial charge < -0.3 is 5.32 Å². The molecule has 0 spiro atoms. The van der Waals surface area contributed by atoms with Crippen molar-refractivity contribution in [2.24, 2.45) is 0 Å². The highest BCUT2D eigenvalue weighted by Crippen LogP contribution is 2.14. The number of hydrogen-bond donors (Lipinski definition) is 2. The summed E-state index contributed by atoms with van der Waals surface area (Å²) in [4.78, 5) is 2.51. The molecular weight excluding hydrogens is 228 g/mol. The zero-order valence-corrected chi connectivity index (χ0v) is 10.5. The second-order valence-electron chi connectivity index (χ2n) is 3.89. The Morgan fingerprint density at radius 3 is 2.93 bits per heavy atom. The molecule has 1 saturated heterocycles. The fourth-order valence-electron chi connectivity index (χ4n) is 1.85. The fourth-order valence-corrected chi connectivity index (χ4v) is 2.65. The summed E-state index contributed by atoms with van der Waals surface area (Å²) in [5.41, 5.74) is 0. The van der Waals surface area contributed by atoms with E-state index in [0.717, 1.165) is 15.6 Å². The highest BCUT2D eigenvalue weighted by molar-refractivity contribution is 7.73. The molecule has 84 valence electrons. The lowest BCUT2D eigenvalue weighted by atomic mass is 10.3. The highest BCUT2D eigenvalue weighted by atomic mass is 32.1. The first-order chi connectivity index (χ1) is 7.25. The maximum Gasteiger partial charge on any atom is 0.204 e. The van der Waals surface area contributed by atoms with Gasteiger partial charge in [-0.05, 0) is 45.1 Å². The van der Waals surface area contributed by atoms with E-state index in [0.29, 0.717) is 6.04 Å². The quantitative estimate of drug-likeness (QED) is 0.796. The smallest absolute Gasteiger partial charge is 0.204 e. The number of nitrogens with one attached hydrogen (secondary N) is 2. The number of nitrogens with zero attached hydrogens (tertiary/aromatic N) is 2. The van der Waals surface area contributed by atoms with E-state index in [4.69, 9.17) is 12.2 Å². The summed E-state index contributed by atoms with van der Waals surface area (Å²) in [5, 5.41) is 11.0. The average Bonchev–Trinajstić information content (AvgIpc) is 2.84. The minimum absolute atomic E-state index is 0.574. The summed E-state index contributed by atoms with van der Waals surface area (Å²) in [6, 6.07) is 0.574. The van der Waals surface area contributed by atoms with E-state index in [9.17, 15) is 0 Å². The third kappa shape index (κ3) is 2.99. The number of aromatic amines is 1. The van der Waals surface area contributed by atoms with Gasteiger partial charge in [-0.25, -0.2) is 0 Å². The van der Waals surface area contributed by atoms with E-state index < -0.39 is 0 Å². The van der Waals surface area contributed by atoms with Crippen molar-refractivity contribution in [1.82, 2.24) is 15.1 Å². The molecule has 15 heavy (non-hydrogen) atoms. The Balaban J connectivity index is 1.79. The first kappa shape index (κ1) is 11.0. The van der Waals surface area contributed by atoms with Crippen LogP contribution in [-0.2, 0) is 0 Å². The van der Waals surface area contributed by atoms with Crippen LogP contribution in [0.5, 0.6) is 0 Å². The molecule has 2 N–H and O–H groups in total. The Morgan fingerprint density at radius 2 is 2.33 bits per heavy atom. The van der Waals surface area contributed by atoms with Crippen molar-refractivity contribution >= 4 is 28.7 Å². The van der Waals surface area contributed by atoms with Crippen LogP contribution in [0.3, 0.4) is 0 Å². The van der Waals surface area contributed by atoms with Crippen molar-refractivity contribution in [3.8, 4) is 0 Å². The highest BCUT2D eigenvalue weighted by Gasteiger charge is 2.17. The molecule has 1 fully saturated rings. The molecule has 0 radical (unpaired) electrons. The Hall–Kier alpha value is -0.460. The van der Waals surface area contributed by atoms with E-state index in [1.54, 1.807) is 0 Å². The molecule has 1 unspecified atom stereocenters. The number of anilines is 1. The summed E-state index contributed by atoms with van der Waals surface area (Å²) >= 11 is 6.46. The van der Waals surface area contributed by atoms with Crippen LogP contribution in [0.1, 0.15) is 19.8 Å². The summed E-state index contributed by atoms with van der Waals surface area (Å²) < 4.78 is 0.728. The Kier molecular flexibility index (Phi) is 3.71. The molecule has 0 amide bonds. The zero-order valence-electron chi connectivity index (χ0n) is 8.82. The largest absolute Gasteiger partial charge is 0.359 e. The van der Waals surface area contributed by atoms with Gasteiger partial charge in [0.2, 0.25) is 5.13 Å². The van der Waals surface area contributed by atoms with E-state index in [-0.39, 0.29) is 0 Å². The second kappa shape index (κ2) is 5.05. The van der Waals surface area contributed by atoms with Gasteiger partial charge in [-0.15, -0.1) is 5.10 Å². The van der Waals surface area contributed by atoms with Gasteiger partial charge in [0.15, 0.2) is 3.95 Å². The van der Waals surface area contributed by atoms with Crippen LogP contribution in [-0.4, -0.2) is 40.8 Å². The van der Waals surface area contributed by atoms with Crippen molar-refractivity contribution in [2.45, 2.75) is 25.8 Å². The van der Waals surface area contributed by atoms with Gasteiger partial charge in [0.1, 0.15) is 0 Å². The van der Waals surface area contributed by atoms with Crippen LogP contribution in [0.2, 0.25) is 0 Å². The molecule has 2 rings (SSSR count). The third-order valence-electron chi connectivity index (χ3n) is 2.75. The van der Waals surface area contributed by atoms with E-state index in [1.165, 1.54) is 37.3 Å². The summed E-state index contributed by atoms with van der Waals surface area (Å²) in [5.74, 6) is 0. The number of hydrogen-bond acceptors (Lipinski definition) is 5. The molecule has 2 heterocycles. The van der Waals surface area contributed by atoms with Gasteiger partial charge in [-0.1, -0.05) is 11.3 Å². The molecule has 1 aliphatic rings.